The Balaban J connectivity index is 1.38. The number of carbonyl (C=O) groups is 1. The number of nitrogens with zero attached hydrogens (tertiary/aromatic N) is 3. The van der Waals surface area contributed by atoms with E-state index in [1.807, 2.05) is 30.6 Å². The maximum Gasteiger partial charge on any atom is 0.405 e. The molecule has 0 aliphatic carbocycles. The number of aromatic nitrogens is 3. The van der Waals surface area contributed by atoms with Gasteiger partial charge in [-0.1, -0.05) is 19.1 Å². The quantitative estimate of drug-likeness (QED) is 0.575. The van der Waals surface area contributed by atoms with E-state index < -0.39 is 18.6 Å². The fourth-order valence-electron chi connectivity index (χ4n) is 3.88. The van der Waals surface area contributed by atoms with Crippen LogP contribution in [-0.2, 0) is 13.0 Å². The number of alkyl halides is 3. The summed E-state index contributed by atoms with van der Waals surface area (Å²) in [7, 11) is 0. The number of hydrogen-bond acceptors (Lipinski definition) is 5. The molecule has 4 heterocycles. The van der Waals surface area contributed by atoms with Gasteiger partial charge < -0.3 is 10.3 Å². The van der Waals surface area contributed by atoms with Gasteiger partial charge >= 0.3 is 6.18 Å². The number of nitrogens with one attached hydrogen (secondary N) is 2. The van der Waals surface area contributed by atoms with Crippen LogP contribution in [0.15, 0.2) is 47.5 Å². The molecule has 0 unspecified atom stereocenters. The zero-order valence-corrected chi connectivity index (χ0v) is 18.6. The fraction of sp³-hybridized carbons (Fsp3) is 0.333. The predicted molar refractivity (Wildman–Crippen MR) is 122 cm³/mol. The van der Waals surface area contributed by atoms with E-state index in [9.17, 15) is 22.8 Å². The van der Waals surface area contributed by atoms with Crippen molar-refractivity contribution in [1.29, 1.82) is 0 Å². The standard InChI is InChI=1S/C24H24F3N5O2/c1-2-16-10-20-21(31-22(16)33)9-15(11-28-20)13-32-7-5-17(6-8-32)18-3-4-19(29-12-18)23(34)30-14-24(25,26)27/h3-5,9-12H,2,6-8,13-14H2,1H3,(H,30,34)(H,31,33). The van der Waals surface area contributed by atoms with Crippen molar-refractivity contribution in [1.82, 2.24) is 25.2 Å². The number of fused-ring (bicyclic) bond motifs is 1. The minimum atomic E-state index is -4.47. The molecular weight excluding hydrogens is 447 g/mol. The Kier molecular flexibility index (Phi) is 6.78. The Labute approximate surface area is 193 Å². The number of aryl methyl sites for hydroxylation is 1. The van der Waals surface area contributed by atoms with Crippen LogP contribution in [0.3, 0.4) is 0 Å². The maximum atomic E-state index is 12.3. The molecule has 4 rings (SSSR count). The number of amides is 1. The lowest BCUT2D eigenvalue weighted by atomic mass is 10.0. The maximum absolute atomic E-state index is 12.3. The molecule has 0 bridgehead atoms. The molecule has 34 heavy (non-hydrogen) atoms. The number of hydrogen-bond donors (Lipinski definition) is 2. The highest BCUT2D eigenvalue weighted by Gasteiger charge is 2.28. The summed E-state index contributed by atoms with van der Waals surface area (Å²) in [6.07, 6.45) is 2.37. The minimum Gasteiger partial charge on any atom is -0.342 e. The van der Waals surface area contributed by atoms with Gasteiger partial charge in [0.25, 0.3) is 11.5 Å². The summed E-state index contributed by atoms with van der Waals surface area (Å²) in [5.41, 5.74) is 4.96. The summed E-state index contributed by atoms with van der Waals surface area (Å²) < 4.78 is 36.8. The van der Waals surface area contributed by atoms with E-state index in [2.05, 4.69) is 25.9 Å². The van der Waals surface area contributed by atoms with Crippen LogP contribution in [0.1, 0.15) is 40.5 Å². The van der Waals surface area contributed by atoms with Gasteiger partial charge in [-0.3, -0.25) is 24.5 Å². The largest absolute Gasteiger partial charge is 0.405 e. The molecule has 3 aromatic rings. The summed E-state index contributed by atoms with van der Waals surface area (Å²) >= 11 is 0. The average Bonchev–Trinajstić information content (AvgIpc) is 2.82. The molecule has 3 aromatic heterocycles. The molecule has 1 aliphatic rings. The minimum absolute atomic E-state index is 0.0565. The topological polar surface area (TPSA) is 91.0 Å². The van der Waals surface area contributed by atoms with E-state index >= 15 is 0 Å². The lowest BCUT2D eigenvalue weighted by molar-refractivity contribution is -0.123. The van der Waals surface area contributed by atoms with Gasteiger partial charge in [0.05, 0.1) is 11.0 Å². The first kappa shape index (κ1) is 23.6. The second-order valence-electron chi connectivity index (χ2n) is 8.20. The summed E-state index contributed by atoms with van der Waals surface area (Å²) in [6, 6.07) is 6.91. The van der Waals surface area contributed by atoms with Gasteiger partial charge in [-0.25, -0.2) is 0 Å². The lowest BCUT2D eigenvalue weighted by Gasteiger charge is -2.26. The predicted octanol–water partition coefficient (Wildman–Crippen LogP) is 3.46. The van der Waals surface area contributed by atoms with E-state index in [0.717, 1.165) is 40.7 Å². The SMILES string of the molecule is CCc1cc2ncc(CN3CC=C(c4ccc(C(=O)NCC(F)(F)F)nc4)CC3)cc2[nH]c1=O. The van der Waals surface area contributed by atoms with Crippen LogP contribution in [-0.4, -0.2) is 51.6 Å². The van der Waals surface area contributed by atoms with Crippen LogP contribution >= 0.6 is 0 Å². The van der Waals surface area contributed by atoms with E-state index in [-0.39, 0.29) is 11.3 Å². The normalized spacial score (nSPS) is 14.8. The molecule has 0 saturated heterocycles. The van der Waals surface area contributed by atoms with Crippen LogP contribution in [0.2, 0.25) is 0 Å². The zero-order chi connectivity index (χ0) is 24.3. The molecule has 2 N–H and O–H groups in total. The molecule has 0 radical (unpaired) electrons. The Hall–Kier alpha value is -3.53. The molecule has 0 saturated carbocycles. The van der Waals surface area contributed by atoms with Crippen LogP contribution in [0.25, 0.3) is 16.6 Å². The van der Waals surface area contributed by atoms with Crippen molar-refractivity contribution in [3.05, 3.63) is 75.5 Å². The number of rotatable bonds is 6. The third kappa shape index (κ3) is 5.69. The smallest absolute Gasteiger partial charge is 0.342 e. The van der Waals surface area contributed by atoms with E-state index in [1.54, 1.807) is 6.07 Å². The highest BCUT2D eigenvalue weighted by molar-refractivity contribution is 5.92. The van der Waals surface area contributed by atoms with Crippen LogP contribution in [0.5, 0.6) is 0 Å². The third-order valence-electron chi connectivity index (χ3n) is 5.72. The van der Waals surface area contributed by atoms with Gasteiger partial charge in [0.15, 0.2) is 0 Å². The first-order valence-electron chi connectivity index (χ1n) is 11.0. The van der Waals surface area contributed by atoms with E-state index in [1.165, 1.54) is 12.3 Å². The first-order valence-corrected chi connectivity index (χ1v) is 11.0. The van der Waals surface area contributed by atoms with Gasteiger partial charge in [-0.2, -0.15) is 13.2 Å². The molecule has 1 aliphatic heterocycles. The Morgan fingerprint density at radius 1 is 1.21 bits per heavy atom. The Morgan fingerprint density at radius 2 is 2.03 bits per heavy atom. The number of pyridine rings is 3. The van der Waals surface area contributed by atoms with E-state index in [4.69, 9.17) is 0 Å². The van der Waals surface area contributed by atoms with Crippen molar-refractivity contribution in [2.75, 3.05) is 19.6 Å². The van der Waals surface area contributed by atoms with Crippen molar-refractivity contribution in [3.63, 3.8) is 0 Å². The number of H-pyrrole nitrogens is 1. The fourth-order valence-corrected chi connectivity index (χ4v) is 3.88. The summed E-state index contributed by atoms with van der Waals surface area (Å²) in [5.74, 6) is -0.857. The average molecular weight is 471 g/mol. The summed E-state index contributed by atoms with van der Waals surface area (Å²) in [6.45, 7) is 2.72. The molecule has 7 nitrogen and oxygen atoms in total. The van der Waals surface area contributed by atoms with Gasteiger partial charge in [-0.15, -0.1) is 0 Å². The van der Waals surface area contributed by atoms with Gasteiger partial charge in [-0.05, 0) is 47.7 Å². The molecule has 0 spiro atoms. The highest BCUT2D eigenvalue weighted by atomic mass is 19.4. The van der Waals surface area contributed by atoms with Crippen molar-refractivity contribution < 1.29 is 18.0 Å². The Morgan fingerprint density at radius 3 is 2.68 bits per heavy atom. The molecular formula is C24H24F3N5O2. The molecule has 0 fully saturated rings. The summed E-state index contributed by atoms with van der Waals surface area (Å²) in [5, 5.41) is 1.81. The zero-order valence-electron chi connectivity index (χ0n) is 18.6. The van der Waals surface area contributed by atoms with Crippen molar-refractivity contribution in [3.8, 4) is 0 Å². The number of carbonyl (C=O) groups excluding carboxylic acids is 1. The van der Waals surface area contributed by atoms with Crippen LogP contribution in [0, 0.1) is 0 Å². The van der Waals surface area contributed by atoms with Crippen molar-refractivity contribution in [2.45, 2.75) is 32.5 Å². The van der Waals surface area contributed by atoms with Gasteiger partial charge in [0.2, 0.25) is 0 Å². The Bertz CT molecular complexity index is 1280. The second-order valence-corrected chi connectivity index (χ2v) is 8.20. The number of halogens is 3. The summed E-state index contributed by atoms with van der Waals surface area (Å²) in [4.78, 5) is 37.6. The molecule has 0 atom stereocenters. The van der Waals surface area contributed by atoms with Gasteiger partial charge in [0.1, 0.15) is 12.2 Å². The molecule has 178 valence electrons. The van der Waals surface area contributed by atoms with Crippen LogP contribution < -0.4 is 10.9 Å². The first-order chi connectivity index (χ1) is 16.2. The monoisotopic (exact) mass is 471 g/mol. The molecule has 10 heteroatoms. The van der Waals surface area contributed by atoms with Crippen LogP contribution in [0.4, 0.5) is 13.2 Å². The van der Waals surface area contributed by atoms with Gasteiger partial charge in [0, 0.05) is 37.6 Å². The van der Waals surface area contributed by atoms with Crippen molar-refractivity contribution >= 4 is 22.5 Å². The van der Waals surface area contributed by atoms with Crippen molar-refractivity contribution in [2.24, 2.45) is 0 Å². The molecule has 0 aromatic carbocycles. The molecule has 1 amide bonds. The lowest BCUT2D eigenvalue weighted by Crippen LogP contribution is -2.34. The third-order valence-corrected chi connectivity index (χ3v) is 5.72. The number of aromatic amines is 1. The van der Waals surface area contributed by atoms with E-state index in [0.29, 0.717) is 25.1 Å². The second kappa shape index (κ2) is 9.76. The highest BCUT2D eigenvalue weighted by Crippen LogP contribution is 2.23.